The van der Waals surface area contributed by atoms with Crippen molar-refractivity contribution in [1.82, 2.24) is 5.32 Å². The Morgan fingerprint density at radius 2 is 2.20 bits per heavy atom. The molecular weight excluding hydrogens is 210 g/mol. The molecule has 0 spiro atoms. The molecule has 0 unspecified atom stereocenters. The highest BCUT2D eigenvalue weighted by Gasteiger charge is 2.11. The molecule has 3 heteroatoms. The van der Waals surface area contributed by atoms with Gasteiger partial charge in [0.25, 0.3) is 5.91 Å². The van der Waals surface area contributed by atoms with Crippen LogP contribution in [0.1, 0.15) is 35.7 Å². The molecule has 1 rings (SSSR count). The highest BCUT2D eigenvalue weighted by molar-refractivity contribution is 6.34. The number of amides is 1. The second kappa shape index (κ2) is 5.76. The fourth-order valence-corrected chi connectivity index (χ4v) is 1.69. The van der Waals surface area contributed by atoms with E-state index in [1.165, 1.54) is 0 Å². The Hall–Kier alpha value is -1.02. The summed E-state index contributed by atoms with van der Waals surface area (Å²) >= 11 is 5.98. The molecule has 0 saturated carbocycles. The van der Waals surface area contributed by atoms with Gasteiger partial charge in [0.2, 0.25) is 0 Å². The number of carbonyl (C=O) groups is 1. The van der Waals surface area contributed by atoms with Gasteiger partial charge in [0.1, 0.15) is 0 Å². The van der Waals surface area contributed by atoms with Crippen molar-refractivity contribution >= 4 is 17.5 Å². The number of hydrogen-bond donors (Lipinski definition) is 1. The van der Waals surface area contributed by atoms with Crippen LogP contribution in [0.15, 0.2) is 18.2 Å². The van der Waals surface area contributed by atoms with Crippen molar-refractivity contribution in [3.63, 3.8) is 0 Å². The molecule has 15 heavy (non-hydrogen) atoms. The lowest BCUT2D eigenvalue weighted by atomic mass is 10.1. The van der Waals surface area contributed by atoms with Gasteiger partial charge in [-0.3, -0.25) is 4.79 Å². The minimum atomic E-state index is -0.0773. The summed E-state index contributed by atoms with van der Waals surface area (Å²) in [6, 6.07) is 5.48. The van der Waals surface area contributed by atoms with E-state index < -0.39 is 0 Å². The maximum atomic E-state index is 11.8. The summed E-state index contributed by atoms with van der Waals surface area (Å²) in [7, 11) is 0. The molecule has 1 aromatic rings. The Kier molecular flexibility index (Phi) is 4.63. The second-order valence-electron chi connectivity index (χ2n) is 3.54. The SMILES string of the molecule is CCCCNC(=O)c1c(C)cccc1Cl. The monoisotopic (exact) mass is 225 g/mol. The molecule has 0 aliphatic rings. The van der Waals surface area contributed by atoms with Crippen LogP contribution in [-0.2, 0) is 0 Å². The molecule has 0 aliphatic carbocycles. The lowest BCUT2D eigenvalue weighted by Crippen LogP contribution is -2.25. The molecule has 1 N–H and O–H groups in total. The first kappa shape index (κ1) is 12.1. The van der Waals surface area contributed by atoms with Crippen molar-refractivity contribution in [3.05, 3.63) is 34.3 Å². The molecule has 0 atom stereocenters. The number of aryl methyl sites for hydroxylation is 1. The van der Waals surface area contributed by atoms with Gasteiger partial charge in [0, 0.05) is 6.54 Å². The van der Waals surface area contributed by atoms with Crippen molar-refractivity contribution in [1.29, 1.82) is 0 Å². The summed E-state index contributed by atoms with van der Waals surface area (Å²) in [6.45, 7) is 4.69. The normalized spacial score (nSPS) is 10.1. The zero-order valence-electron chi connectivity index (χ0n) is 9.14. The lowest BCUT2D eigenvalue weighted by Gasteiger charge is -2.08. The highest BCUT2D eigenvalue weighted by atomic mass is 35.5. The molecule has 0 aromatic heterocycles. The van der Waals surface area contributed by atoms with Crippen LogP contribution in [0.3, 0.4) is 0 Å². The molecule has 0 fully saturated rings. The molecule has 0 saturated heterocycles. The highest BCUT2D eigenvalue weighted by Crippen LogP contribution is 2.18. The predicted octanol–water partition coefficient (Wildman–Crippen LogP) is 3.18. The van der Waals surface area contributed by atoms with Crippen LogP contribution in [0.5, 0.6) is 0 Å². The maximum Gasteiger partial charge on any atom is 0.253 e. The number of carbonyl (C=O) groups excluding carboxylic acids is 1. The molecule has 0 aliphatic heterocycles. The van der Waals surface area contributed by atoms with Crippen LogP contribution in [-0.4, -0.2) is 12.5 Å². The van der Waals surface area contributed by atoms with Crippen molar-refractivity contribution in [2.24, 2.45) is 0 Å². The number of nitrogens with one attached hydrogen (secondary N) is 1. The Morgan fingerprint density at radius 1 is 1.47 bits per heavy atom. The van der Waals surface area contributed by atoms with Crippen molar-refractivity contribution < 1.29 is 4.79 Å². The van der Waals surface area contributed by atoms with E-state index in [0.717, 1.165) is 18.4 Å². The first-order chi connectivity index (χ1) is 7.16. The third-order valence-electron chi connectivity index (χ3n) is 2.26. The molecule has 1 aromatic carbocycles. The molecule has 2 nitrogen and oxygen atoms in total. The van der Waals surface area contributed by atoms with Crippen molar-refractivity contribution in [2.45, 2.75) is 26.7 Å². The van der Waals surface area contributed by atoms with E-state index in [1.54, 1.807) is 6.07 Å². The van der Waals surface area contributed by atoms with Gasteiger partial charge < -0.3 is 5.32 Å². The quantitative estimate of drug-likeness (QED) is 0.784. The average molecular weight is 226 g/mol. The first-order valence-corrected chi connectivity index (χ1v) is 5.58. The summed E-state index contributed by atoms with van der Waals surface area (Å²) in [4.78, 5) is 11.8. The van der Waals surface area contributed by atoms with Crippen LogP contribution in [0.4, 0.5) is 0 Å². The molecule has 0 heterocycles. The minimum Gasteiger partial charge on any atom is -0.352 e. The van der Waals surface area contributed by atoms with Gasteiger partial charge in [0.05, 0.1) is 10.6 Å². The summed E-state index contributed by atoms with van der Waals surface area (Å²) in [5, 5.41) is 3.38. The Morgan fingerprint density at radius 3 is 2.80 bits per heavy atom. The van der Waals surface area contributed by atoms with Gasteiger partial charge in [-0.25, -0.2) is 0 Å². The Bertz CT molecular complexity index is 329. The van der Waals surface area contributed by atoms with Crippen LogP contribution in [0, 0.1) is 6.92 Å². The van der Waals surface area contributed by atoms with Crippen molar-refractivity contribution in [3.8, 4) is 0 Å². The minimum absolute atomic E-state index is 0.0773. The van der Waals surface area contributed by atoms with E-state index in [9.17, 15) is 4.79 Å². The zero-order valence-corrected chi connectivity index (χ0v) is 9.90. The van der Waals surface area contributed by atoms with Crippen molar-refractivity contribution in [2.75, 3.05) is 6.54 Å². The van der Waals surface area contributed by atoms with Gasteiger partial charge in [-0.1, -0.05) is 37.1 Å². The van der Waals surface area contributed by atoms with Gasteiger partial charge in [0.15, 0.2) is 0 Å². The van der Waals surface area contributed by atoms with E-state index in [2.05, 4.69) is 12.2 Å². The van der Waals surface area contributed by atoms with E-state index in [0.29, 0.717) is 17.1 Å². The zero-order chi connectivity index (χ0) is 11.3. The summed E-state index contributed by atoms with van der Waals surface area (Å²) in [6.07, 6.45) is 2.07. The Balaban J connectivity index is 2.73. The first-order valence-electron chi connectivity index (χ1n) is 5.20. The standard InChI is InChI=1S/C12H16ClNO/c1-3-4-8-14-12(15)11-9(2)6-5-7-10(11)13/h5-7H,3-4,8H2,1-2H3,(H,14,15). The molecule has 0 radical (unpaired) electrons. The molecule has 82 valence electrons. The predicted molar refractivity (Wildman–Crippen MR) is 63.4 cm³/mol. The van der Waals surface area contributed by atoms with Gasteiger partial charge in [-0.05, 0) is 25.0 Å². The van der Waals surface area contributed by atoms with Gasteiger partial charge in [-0.2, -0.15) is 0 Å². The fraction of sp³-hybridized carbons (Fsp3) is 0.417. The maximum absolute atomic E-state index is 11.8. The number of rotatable bonds is 4. The van der Waals surface area contributed by atoms with Crippen LogP contribution < -0.4 is 5.32 Å². The average Bonchev–Trinajstić information content (AvgIpc) is 2.18. The molecular formula is C12H16ClNO. The fourth-order valence-electron chi connectivity index (χ4n) is 1.39. The summed E-state index contributed by atoms with van der Waals surface area (Å²) < 4.78 is 0. The largest absolute Gasteiger partial charge is 0.352 e. The Labute approximate surface area is 95.6 Å². The number of hydrogen-bond acceptors (Lipinski definition) is 1. The topological polar surface area (TPSA) is 29.1 Å². The van der Waals surface area contributed by atoms with Gasteiger partial charge in [-0.15, -0.1) is 0 Å². The number of benzene rings is 1. The van der Waals surface area contributed by atoms with Crippen LogP contribution >= 0.6 is 11.6 Å². The third kappa shape index (κ3) is 3.24. The third-order valence-corrected chi connectivity index (χ3v) is 2.58. The van der Waals surface area contributed by atoms with E-state index >= 15 is 0 Å². The second-order valence-corrected chi connectivity index (χ2v) is 3.95. The number of halogens is 1. The smallest absolute Gasteiger partial charge is 0.253 e. The van der Waals surface area contributed by atoms with Crippen LogP contribution in [0.2, 0.25) is 5.02 Å². The lowest BCUT2D eigenvalue weighted by molar-refractivity contribution is 0.0952. The summed E-state index contributed by atoms with van der Waals surface area (Å²) in [5.74, 6) is -0.0773. The summed E-state index contributed by atoms with van der Waals surface area (Å²) in [5.41, 5.74) is 1.51. The van der Waals surface area contributed by atoms with Crippen LogP contribution in [0.25, 0.3) is 0 Å². The van der Waals surface area contributed by atoms with E-state index in [1.807, 2.05) is 19.1 Å². The number of unbranched alkanes of at least 4 members (excludes halogenated alkanes) is 1. The van der Waals surface area contributed by atoms with Gasteiger partial charge >= 0.3 is 0 Å². The molecule has 0 bridgehead atoms. The van der Waals surface area contributed by atoms with E-state index in [4.69, 9.17) is 11.6 Å². The van der Waals surface area contributed by atoms with E-state index in [-0.39, 0.29) is 5.91 Å². The molecule has 1 amide bonds.